The second-order valence-corrected chi connectivity index (χ2v) is 12.3. The molecule has 0 radical (unpaired) electrons. The molecule has 0 fully saturated rings. The Hall–Kier alpha value is -6.18. The molecule has 7 heteroatoms. The second-order valence-electron chi connectivity index (χ2n) is 11.2. The molecule has 47 heavy (non-hydrogen) atoms. The smallest absolute Gasteiger partial charge is 0.164 e. The van der Waals surface area contributed by atoms with Crippen LogP contribution in [0.3, 0.4) is 0 Å². The van der Waals surface area contributed by atoms with E-state index in [0.29, 0.717) is 17.5 Å². The van der Waals surface area contributed by atoms with Gasteiger partial charge in [-0.2, -0.15) is 0 Å². The SMILES string of the molecule is c1ccc(-c2nc(-c3ccccc3)nc(-c3ccc(-c4cc(-c5ccc6c(n5)sc5ccncc56)c5ncccc5c4)cc3)n2)cc1. The number of nitrogens with zero attached hydrogens (tertiary/aromatic N) is 6. The molecule has 0 atom stereocenters. The molecular weight excluding hydrogens is 597 g/mol. The predicted molar refractivity (Wildman–Crippen MR) is 191 cm³/mol. The summed E-state index contributed by atoms with van der Waals surface area (Å²) in [6.45, 7) is 0. The molecule has 0 aliphatic carbocycles. The third kappa shape index (κ3) is 4.99. The molecule has 9 rings (SSSR count). The summed E-state index contributed by atoms with van der Waals surface area (Å²) in [4.78, 5) is 29.8. The Bertz CT molecular complexity index is 2510. The maximum atomic E-state index is 5.12. The van der Waals surface area contributed by atoms with Crippen molar-refractivity contribution in [3.63, 3.8) is 0 Å². The molecule has 6 nitrogen and oxygen atoms in total. The van der Waals surface area contributed by atoms with Crippen molar-refractivity contribution in [3.8, 4) is 56.5 Å². The van der Waals surface area contributed by atoms with Gasteiger partial charge in [0.1, 0.15) is 4.83 Å². The van der Waals surface area contributed by atoms with Crippen molar-refractivity contribution in [2.75, 3.05) is 0 Å². The third-order valence-electron chi connectivity index (χ3n) is 8.29. The number of pyridine rings is 3. The average molecular weight is 621 g/mol. The quantitative estimate of drug-likeness (QED) is 0.191. The van der Waals surface area contributed by atoms with E-state index in [2.05, 4.69) is 59.6 Å². The molecule has 0 saturated heterocycles. The van der Waals surface area contributed by atoms with E-state index in [-0.39, 0.29) is 0 Å². The van der Waals surface area contributed by atoms with E-state index in [0.717, 1.165) is 65.6 Å². The van der Waals surface area contributed by atoms with Gasteiger partial charge in [-0.25, -0.2) is 19.9 Å². The highest BCUT2D eigenvalue weighted by atomic mass is 32.1. The maximum absolute atomic E-state index is 5.12. The molecule has 0 spiro atoms. The van der Waals surface area contributed by atoms with Crippen molar-refractivity contribution in [1.82, 2.24) is 29.9 Å². The number of fused-ring (bicyclic) bond motifs is 4. The first-order valence-corrected chi connectivity index (χ1v) is 16.1. The zero-order valence-corrected chi connectivity index (χ0v) is 25.8. The van der Waals surface area contributed by atoms with Crippen molar-refractivity contribution >= 4 is 42.5 Å². The minimum absolute atomic E-state index is 0.628. The minimum atomic E-state index is 0.628. The Morgan fingerprint density at radius 3 is 1.83 bits per heavy atom. The zero-order valence-electron chi connectivity index (χ0n) is 24.9. The van der Waals surface area contributed by atoms with Crippen LogP contribution in [-0.2, 0) is 0 Å². The van der Waals surface area contributed by atoms with Crippen LogP contribution in [0, 0.1) is 0 Å². The van der Waals surface area contributed by atoms with Gasteiger partial charge in [0, 0.05) is 61.7 Å². The third-order valence-corrected chi connectivity index (χ3v) is 9.38. The molecule has 0 unspecified atom stereocenters. The van der Waals surface area contributed by atoms with Crippen molar-refractivity contribution in [3.05, 3.63) is 146 Å². The summed E-state index contributed by atoms with van der Waals surface area (Å²) in [5.41, 5.74) is 7.79. The number of aromatic nitrogens is 6. The Kier molecular flexibility index (Phi) is 6.54. The lowest BCUT2D eigenvalue weighted by Crippen LogP contribution is -2.00. The molecule has 0 amide bonds. The van der Waals surface area contributed by atoms with Gasteiger partial charge in [-0.1, -0.05) is 91.0 Å². The number of hydrogen-bond acceptors (Lipinski definition) is 7. The summed E-state index contributed by atoms with van der Waals surface area (Å²) in [7, 11) is 0. The maximum Gasteiger partial charge on any atom is 0.164 e. The van der Waals surface area contributed by atoms with Gasteiger partial charge in [-0.05, 0) is 47.5 Å². The fraction of sp³-hybridized carbons (Fsp3) is 0. The van der Waals surface area contributed by atoms with Crippen LogP contribution < -0.4 is 0 Å². The minimum Gasteiger partial charge on any atom is -0.264 e. The Morgan fingerprint density at radius 2 is 1.13 bits per heavy atom. The highest BCUT2D eigenvalue weighted by molar-refractivity contribution is 7.25. The molecule has 0 saturated carbocycles. The summed E-state index contributed by atoms with van der Waals surface area (Å²) >= 11 is 1.69. The van der Waals surface area contributed by atoms with Crippen LogP contribution >= 0.6 is 11.3 Å². The van der Waals surface area contributed by atoms with Crippen molar-refractivity contribution < 1.29 is 0 Å². The van der Waals surface area contributed by atoms with E-state index in [1.807, 2.05) is 91.4 Å². The van der Waals surface area contributed by atoms with Crippen molar-refractivity contribution in [2.24, 2.45) is 0 Å². The molecule has 5 heterocycles. The largest absolute Gasteiger partial charge is 0.264 e. The number of rotatable bonds is 5. The summed E-state index contributed by atoms with van der Waals surface area (Å²) in [5, 5.41) is 3.31. The molecule has 220 valence electrons. The monoisotopic (exact) mass is 620 g/mol. The van der Waals surface area contributed by atoms with Crippen LogP contribution in [0.25, 0.3) is 87.8 Å². The molecule has 0 aliphatic rings. The van der Waals surface area contributed by atoms with E-state index in [1.54, 1.807) is 11.3 Å². The van der Waals surface area contributed by atoms with Gasteiger partial charge in [0.2, 0.25) is 0 Å². The molecule has 4 aromatic carbocycles. The summed E-state index contributed by atoms with van der Waals surface area (Å²) in [5.74, 6) is 1.91. The van der Waals surface area contributed by atoms with E-state index < -0.39 is 0 Å². The van der Waals surface area contributed by atoms with Gasteiger partial charge in [0.25, 0.3) is 0 Å². The van der Waals surface area contributed by atoms with Crippen LogP contribution in [-0.4, -0.2) is 29.9 Å². The lowest BCUT2D eigenvalue weighted by atomic mass is 9.97. The fourth-order valence-corrected chi connectivity index (χ4v) is 7.00. The first-order chi connectivity index (χ1) is 23.3. The Balaban J connectivity index is 1.13. The number of hydrogen-bond donors (Lipinski definition) is 0. The van der Waals surface area contributed by atoms with Crippen LogP contribution in [0.5, 0.6) is 0 Å². The number of thiophene rings is 1. The summed E-state index contributed by atoms with van der Waals surface area (Å²) in [6, 6.07) is 43.2. The van der Waals surface area contributed by atoms with E-state index in [4.69, 9.17) is 24.9 Å². The normalized spacial score (nSPS) is 11.4. The standard InChI is InChI=1S/C40H24N6S/c1-3-8-26(9-4-1)37-44-38(27-10-5-2-6-11-27)46-39(45-37)28-15-13-25(14-16-28)30-22-29-12-7-20-42-36(29)32(23-30)34-18-17-31-33-24-41-21-19-35(33)47-40(31)43-34/h1-24H. The zero-order chi connectivity index (χ0) is 31.2. The first kappa shape index (κ1) is 27.2. The average Bonchev–Trinajstić information content (AvgIpc) is 3.53. The Morgan fingerprint density at radius 1 is 0.468 bits per heavy atom. The molecule has 9 aromatic rings. The highest BCUT2D eigenvalue weighted by Gasteiger charge is 2.15. The number of benzene rings is 4. The summed E-state index contributed by atoms with van der Waals surface area (Å²) in [6.07, 6.45) is 5.58. The fourth-order valence-electron chi connectivity index (χ4n) is 5.95. The van der Waals surface area contributed by atoms with Gasteiger partial charge < -0.3 is 0 Å². The van der Waals surface area contributed by atoms with Gasteiger partial charge in [-0.3, -0.25) is 9.97 Å². The second kappa shape index (κ2) is 11.3. The van der Waals surface area contributed by atoms with Crippen LogP contribution in [0.4, 0.5) is 0 Å². The van der Waals surface area contributed by atoms with Crippen LogP contribution in [0.1, 0.15) is 0 Å². The van der Waals surface area contributed by atoms with Crippen LogP contribution in [0.2, 0.25) is 0 Å². The highest BCUT2D eigenvalue weighted by Crippen LogP contribution is 2.37. The molecular formula is C40H24N6S. The van der Waals surface area contributed by atoms with Gasteiger partial charge in [-0.15, -0.1) is 11.3 Å². The van der Waals surface area contributed by atoms with Crippen molar-refractivity contribution in [2.45, 2.75) is 0 Å². The van der Waals surface area contributed by atoms with Crippen molar-refractivity contribution in [1.29, 1.82) is 0 Å². The molecule has 5 aromatic heterocycles. The van der Waals surface area contributed by atoms with Crippen LogP contribution in [0.15, 0.2) is 146 Å². The predicted octanol–water partition coefficient (Wildman–Crippen LogP) is 9.91. The van der Waals surface area contributed by atoms with E-state index in [1.165, 1.54) is 4.70 Å². The van der Waals surface area contributed by atoms with Gasteiger partial charge in [0.15, 0.2) is 17.5 Å². The van der Waals surface area contributed by atoms with Gasteiger partial charge in [0.05, 0.1) is 11.2 Å². The van der Waals surface area contributed by atoms with E-state index >= 15 is 0 Å². The first-order valence-electron chi connectivity index (χ1n) is 15.3. The lowest BCUT2D eigenvalue weighted by molar-refractivity contribution is 1.07. The molecule has 0 bridgehead atoms. The van der Waals surface area contributed by atoms with E-state index in [9.17, 15) is 0 Å². The topological polar surface area (TPSA) is 77.3 Å². The summed E-state index contributed by atoms with van der Waals surface area (Å²) < 4.78 is 1.18. The Labute approximate surface area is 274 Å². The molecule has 0 N–H and O–H groups in total. The lowest BCUT2D eigenvalue weighted by Gasteiger charge is -2.11. The van der Waals surface area contributed by atoms with Gasteiger partial charge >= 0.3 is 0 Å². The molecule has 0 aliphatic heterocycles.